The minimum absolute atomic E-state index is 0.0252. The summed E-state index contributed by atoms with van der Waals surface area (Å²) in [5.41, 5.74) is 0.425. The fraction of sp³-hybridized carbons (Fsp3) is 0.400. The van der Waals surface area contributed by atoms with Gasteiger partial charge in [0.25, 0.3) is 5.91 Å². The summed E-state index contributed by atoms with van der Waals surface area (Å²) in [4.78, 5) is 18.3. The molecule has 1 atom stereocenters. The third-order valence-corrected chi connectivity index (χ3v) is 3.69. The Morgan fingerprint density at radius 3 is 2.74 bits per heavy atom. The molecule has 1 fully saturated rings. The van der Waals surface area contributed by atoms with Crippen LogP contribution in [0.2, 0.25) is 0 Å². The number of halogens is 2. The quantitative estimate of drug-likeness (QED) is 0.865. The van der Waals surface area contributed by atoms with E-state index in [2.05, 4.69) is 14.9 Å². The Balaban J connectivity index is 1.64. The highest BCUT2D eigenvalue weighted by Crippen LogP contribution is 2.27. The van der Waals surface area contributed by atoms with Crippen LogP contribution in [0.4, 0.5) is 8.78 Å². The molecule has 0 spiro atoms. The maximum absolute atomic E-state index is 12.4. The summed E-state index contributed by atoms with van der Waals surface area (Å²) < 4.78 is 33.6. The van der Waals surface area contributed by atoms with Gasteiger partial charge in [-0.25, -0.2) is 0 Å². The summed E-state index contributed by atoms with van der Waals surface area (Å²) in [6.07, 6.45) is 0.750. The third kappa shape index (κ3) is 3.46. The normalized spacial score (nSPS) is 17.7. The van der Waals surface area contributed by atoms with Gasteiger partial charge in [-0.3, -0.25) is 4.79 Å². The number of carbonyl (C=O) groups excluding carboxylic acids is 1. The van der Waals surface area contributed by atoms with E-state index in [9.17, 15) is 13.6 Å². The molecule has 122 valence electrons. The fourth-order valence-corrected chi connectivity index (χ4v) is 2.59. The molecule has 2 aromatic rings. The van der Waals surface area contributed by atoms with Crippen molar-refractivity contribution < 1.29 is 22.8 Å². The molecule has 1 aliphatic rings. The number of benzene rings is 1. The number of aromatic nitrogens is 2. The average Bonchev–Trinajstić information content (AvgIpc) is 3.15. The van der Waals surface area contributed by atoms with E-state index in [1.54, 1.807) is 11.8 Å². The average molecular weight is 323 g/mol. The highest BCUT2D eigenvalue weighted by Gasteiger charge is 2.31. The molecule has 6 nitrogen and oxygen atoms in total. The molecule has 0 aliphatic carbocycles. The van der Waals surface area contributed by atoms with Crippen LogP contribution in [0.3, 0.4) is 0 Å². The van der Waals surface area contributed by atoms with Crippen LogP contribution in [0.25, 0.3) is 0 Å². The van der Waals surface area contributed by atoms with E-state index in [0.29, 0.717) is 30.4 Å². The topological polar surface area (TPSA) is 68.5 Å². The molecular formula is C15H15F2N3O3. The number of amides is 1. The van der Waals surface area contributed by atoms with Crippen LogP contribution in [-0.4, -0.2) is 40.6 Å². The summed E-state index contributed by atoms with van der Waals surface area (Å²) in [7, 11) is 0. The molecule has 8 heteroatoms. The minimum Gasteiger partial charge on any atom is -0.435 e. The lowest BCUT2D eigenvalue weighted by molar-refractivity contribution is -0.0498. The molecule has 1 saturated heterocycles. The number of hydrogen-bond donors (Lipinski definition) is 0. The van der Waals surface area contributed by atoms with E-state index in [-0.39, 0.29) is 17.6 Å². The molecule has 1 aliphatic heterocycles. The number of carbonyl (C=O) groups is 1. The van der Waals surface area contributed by atoms with Crippen molar-refractivity contribution in [3.63, 3.8) is 0 Å². The van der Waals surface area contributed by atoms with Gasteiger partial charge < -0.3 is 14.2 Å². The Hall–Kier alpha value is -2.51. The maximum atomic E-state index is 12.4. The van der Waals surface area contributed by atoms with E-state index < -0.39 is 6.61 Å². The van der Waals surface area contributed by atoms with Crippen molar-refractivity contribution in [3.8, 4) is 5.75 Å². The largest absolute Gasteiger partial charge is 0.435 e. The first-order valence-electron chi connectivity index (χ1n) is 7.17. The number of likely N-dealkylation sites (tertiary alicyclic amines) is 1. The van der Waals surface area contributed by atoms with Crippen molar-refractivity contribution in [3.05, 3.63) is 41.5 Å². The lowest BCUT2D eigenvalue weighted by Crippen LogP contribution is -2.28. The summed E-state index contributed by atoms with van der Waals surface area (Å²) in [5, 5.41) is 3.76. The zero-order valence-corrected chi connectivity index (χ0v) is 12.4. The number of ether oxygens (including phenoxy) is 1. The van der Waals surface area contributed by atoms with E-state index in [4.69, 9.17) is 4.52 Å². The lowest BCUT2D eigenvalue weighted by Gasteiger charge is -2.16. The zero-order valence-electron chi connectivity index (χ0n) is 12.4. The lowest BCUT2D eigenvalue weighted by atomic mass is 10.1. The highest BCUT2D eigenvalue weighted by atomic mass is 19.3. The Labute approximate surface area is 131 Å². The second kappa shape index (κ2) is 6.31. The van der Waals surface area contributed by atoms with Crippen LogP contribution in [0, 0.1) is 6.92 Å². The highest BCUT2D eigenvalue weighted by molar-refractivity contribution is 5.94. The van der Waals surface area contributed by atoms with E-state index in [1.807, 2.05) is 0 Å². The van der Waals surface area contributed by atoms with Gasteiger partial charge in [0.1, 0.15) is 5.75 Å². The summed E-state index contributed by atoms with van der Waals surface area (Å²) in [5.74, 6) is 1.00. The van der Waals surface area contributed by atoms with E-state index in [1.165, 1.54) is 24.3 Å². The van der Waals surface area contributed by atoms with Gasteiger partial charge >= 0.3 is 6.61 Å². The molecular weight excluding hydrogens is 308 g/mol. The number of rotatable bonds is 4. The first kappa shape index (κ1) is 15.4. The molecule has 3 rings (SSSR count). The van der Waals surface area contributed by atoms with Crippen LogP contribution < -0.4 is 4.74 Å². The van der Waals surface area contributed by atoms with Gasteiger partial charge in [-0.1, -0.05) is 5.16 Å². The summed E-state index contributed by atoms with van der Waals surface area (Å²) in [6, 6.07) is 5.66. The Morgan fingerprint density at radius 1 is 1.39 bits per heavy atom. The van der Waals surface area contributed by atoms with Crippen molar-refractivity contribution in [2.45, 2.75) is 25.9 Å². The predicted octanol–water partition coefficient (Wildman–Crippen LogP) is 2.61. The Morgan fingerprint density at radius 2 is 2.13 bits per heavy atom. The molecule has 0 unspecified atom stereocenters. The third-order valence-electron chi connectivity index (χ3n) is 3.69. The first-order chi connectivity index (χ1) is 11.0. The van der Waals surface area contributed by atoms with Crippen LogP contribution in [0.15, 0.2) is 28.8 Å². The van der Waals surface area contributed by atoms with Crippen LogP contribution in [0.5, 0.6) is 5.75 Å². The van der Waals surface area contributed by atoms with Gasteiger partial charge in [0, 0.05) is 18.7 Å². The second-order valence-corrected chi connectivity index (χ2v) is 5.32. The minimum atomic E-state index is -2.88. The number of alkyl halides is 2. The molecule has 0 saturated carbocycles. The number of aryl methyl sites for hydroxylation is 1. The molecule has 2 heterocycles. The van der Waals surface area contributed by atoms with Crippen molar-refractivity contribution >= 4 is 5.91 Å². The first-order valence-corrected chi connectivity index (χ1v) is 7.17. The Kier molecular flexibility index (Phi) is 4.22. The van der Waals surface area contributed by atoms with Gasteiger partial charge in [0.05, 0.1) is 5.92 Å². The SMILES string of the molecule is Cc1noc([C@@H]2CCN(C(=O)c3ccc(OC(F)F)cc3)C2)n1. The number of hydrogen-bond acceptors (Lipinski definition) is 5. The fourth-order valence-electron chi connectivity index (χ4n) is 2.59. The molecule has 1 aromatic heterocycles. The summed E-state index contributed by atoms with van der Waals surface area (Å²) in [6.45, 7) is -0.0575. The molecule has 1 aromatic carbocycles. The molecule has 0 N–H and O–H groups in total. The molecule has 0 radical (unpaired) electrons. The van der Waals surface area contributed by atoms with Crippen LogP contribution in [0.1, 0.15) is 34.4 Å². The Bertz CT molecular complexity index is 688. The van der Waals surface area contributed by atoms with E-state index >= 15 is 0 Å². The molecule has 1 amide bonds. The smallest absolute Gasteiger partial charge is 0.387 e. The second-order valence-electron chi connectivity index (χ2n) is 5.32. The van der Waals surface area contributed by atoms with Gasteiger partial charge in [-0.05, 0) is 37.6 Å². The zero-order chi connectivity index (χ0) is 16.4. The van der Waals surface area contributed by atoms with Gasteiger partial charge in [0.2, 0.25) is 5.89 Å². The molecule has 23 heavy (non-hydrogen) atoms. The van der Waals surface area contributed by atoms with Crippen molar-refractivity contribution in [1.82, 2.24) is 15.0 Å². The molecule has 0 bridgehead atoms. The van der Waals surface area contributed by atoms with Crippen molar-refractivity contribution in [1.29, 1.82) is 0 Å². The maximum Gasteiger partial charge on any atom is 0.387 e. The van der Waals surface area contributed by atoms with Gasteiger partial charge in [-0.2, -0.15) is 13.8 Å². The van der Waals surface area contributed by atoms with Crippen LogP contribution >= 0.6 is 0 Å². The van der Waals surface area contributed by atoms with Gasteiger partial charge in [-0.15, -0.1) is 0 Å². The monoisotopic (exact) mass is 323 g/mol. The van der Waals surface area contributed by atoms with E-state index in [0.717, 1.165) is 6.42 Å². The van der Waals surface area contributed by atoms with Crippen molar-refractivity contribution in [2.75, 3.05) is 13.1 Å². The standard InChI is InChI=1S/C15H15F2N3O3/c1-9-18-13(23-19-9)11-6-7-20(8-11)14(21)10-2-4-12(5-3-10)22-15(16)17/h2-5,11,15H,6-8H2,1H3/t11-/m1/s1. The predicted molar refractivity (Wildman–Crippen MR) is 75.4 cm³/mol. The number of nitrogens with zero attached hydrogens (tertiary/aromatic N) is 3. The van der Waals surface area contributed by atoms with Gasteiger partial charge in [0.15, 0.2) is 5.82 Å². The van der Waals surface area contributed by atoms with Crippen LogP contribution in [-0.2, 0) is 0 Å². The van der Waals surface area contributed by atoms with Crippen molar-refractivity contribution in [2.24, 2.45) is 0 Å². The summed E-state index contributed by atoms with van der Waals surface area (Å²) >= 11 is 0.